The number of halogens is 2. The van der Waals surface area contributed by atoms with Crippen molar-refractivity contribution < 1.29 is 18.0 Å². The molecule has 2 aromatic heterocycles. The van der Waals surface area contributed by atoms with Crippen molar-refractivity contribution in [1.82, 2.24) is 20.1 Å². The molecule has 2 aromatic carbocycles. The van der Waals surface area contributed by atoms with Gasteiger partial charge < -0.3 is 15.5 Å². The second-order valence-corrected chi connectivity index (χ2v) is 7.79. The van der Waals surface area contributed by atoms with Crippen molar-refractivity contribution in [1.29, 1.82) is 5.26 Å². The predicted octanol–water partition coefficient (Wildman–Crippen LogP) is 3.94. The zero-order chi connectivity index (χ0) is 24.8. The van der Waals surface area contributed by atoms with Crippen LogP contribution < -0.4 is 11.1 Å². The van der Waals surface area contributed by atoms with Gasteiger partial charge in [-0.05, 0) is 61.4 Å². The van der Waals surface area contributed by atoms with Gasteiger partial charge >= 0.3 is 0 Å². The van der Waals surface area contributed by atoms with Crippen LogP contribution in [0.25, 0.3) is 17.0 Å². The number of hydrogen-bond acceptors (Lipinski definition) is 6. The highest BCUT2D eigenvalue weighted by Crippen LogP contribution is 2.22. The van der Waals surface area contributed by atoms with Gasteiger partial charge in [0.2, 0.25) is 5.91 Å². The number of carbonyl (C=O) groups excluding carboxylic acids is 1. The zero-order valence-electron chi connectivity index (χ0n) is 18.7. The Bertz CT molecular complexity index is 1350. The van der Waals surface area contributed by atoms with Gasteiger partial charge in [-0.1, -0.05) is 0 Å². The van der Waals surface area contributed by atoms with Crippen molar-refractivity contribution in [2.24, 2.45) is 0 Å². The summed E-state index contributed by atoms with van der Waals surface area (Å²) in [7, 11) is 0. The smallest absolute Gasteiger partial charge is 0.220 e. The highest BCUT2D eigenvalue weighted by molar-refractivity contribution is 5.76. The lowest BCUT2D eigenvalue weighted by Crippen LogP contribution is -2.25. The average Bonchev–Trinajstić information content (AvgIpc) is 3.46. The lowest BCUT2D eigenvalue weighted by atomic mass is 10.1. The molecule has 3 N–H and O–H groups in total. The molecule has 0 spiro atoms. The van der Waals surface area contributed by atoms with Crippen molar-refractivity contribution in [3.05, 3.63) is 83.5 Å². The lowest BCUT2D eigenvalue weighted by Gasteiger charge is -2.04. The van der Waals surface area contributed by atoms with Crippen molar-refractivity contribution in [2.75, 3.05) is 12.3 Å². The van der Waals surface area contributed by atoms with E-state index in [1.54, 1.807) is 18.3 Å². The fourth-order valence-corrected chi connectivity index (χ4v) is 3.52. The molecule has 178 valence electrons. The number of hydrogen-bond donors (Lipinski definition) is 2. The number of oxazole rings is 1. The average molecular weight is 476 g/mol. The van der Waals surface area contributed by atoms with Crippen LogP contribution in [0.4, 0.5) is 14.6 Å². The third kappa shape index (κ3) is 5.70. The van der Waals surface area contributed by atoms with Crippen LogP contribution in [-0.2, 0) is 17.6 Å². The van der Waals surface area contributed by atoms with E-state index in [0.29, 0.717) is 54.4 Å². The largest absolute Gasteiger partial charge is 0.441 e. The number of aryl methyl sites for hydroxylation is 2. The van der Waals surface area contributed by atoms with Crippen LogP contribution in [0.2, 0.25) is 0 Å². The molecule has 0 aliphatic rings. The van der Waals surface area contributed by atoms with Gasteiger partial charge in [-0.3, -0.25) is 4.79 Å². The fraction of sp³-hybridized carbons (Fsp3) is 0.200. The number of nitriles is 1. The van der Waals surface area contributed by atoms with Gasteiger partial charge in [-0.15, -0.1) is 0 Å². The van der Waals surface area contributed by atoms with Gasteiger partial charge in [0.15, 0.2) is 11.7 Å². The van der Waals surface area contributed by atoms with Crippen molar-refractivity contribution >= 4 is 11.7 Å². The van der Waals surface area contributed by atoms with Crippen molar-refractivity contribution in [3.8, 4) is 23.1 Å². The van der Waals surface area contributed by atoms with Gasteiger partial charge in [-0.2, -0.15) is 10.4 Å². The van der Waals surface area contributed by atoms with Gasteiger partial charge in [-0.25, -0.2) is 18.4 Å². The molecule has 0 atom stereocenters. The summed E-state index contributed by atoms with van der Waals surface area (Å²) in [5.41, 5.74) is 8.09. The van der Waals surface area contributed by atoms with Crippen molar-refractivity contribution in [2.45, 2.75) is 25.7 Å². The molecule has 8 nitrogen and oxygen atoms in total. The van der Waals surface area contributed by atoms with E-state index in [4.69, 9.17) is 10.2 Å². The Kier molecular flexibility index (Phi) is 7.16. The Morgan fingerprint density at radius 1 is 1.09 bits per heavy atom. The summed E-state index contributed by atoms with van der Waals surface area (Å²) >= 11 is 0. The summed E-state index contributed by atoms with van der Waals surface area (Å²) in [4.78, 5) is 16.4. The van der Waals surface area contributed by atoms with Crippen LogP contribution in [0.1, 0.15) is 30.0 Å². The first-order valence-electron chi connectivity index (χ1n) is 11.0. The van der Waals surface area contributed by atoms with Crippen LogP contribution in [0.3, 0.4) is 0 Å². The molecule has 35 heavy (non-hydrogen) atoms. The minimum Gasteiger partial charge on any atom is -0.441 e. The molecule has 0 saturated carbocycles. The Balaban J connectivity index is 1.25. The molecule has 4 aromatic rings. The van der Waals surface area contributed by atoms with E-state index in [0.717, 1.165) is 0 Å². The maximum absolute atomic E-state index is 13.2. The first-order valence-corrected chi connectivity index (χ1v) is 11.0. The number of aromatic nitrogens is 3. The molecule has 0 bridgehead atoms. The van der Waals surface area contributed by atoms with Crippen molar-refractivity contribution in [3.63, 3.8) is 0 Å². The Morgan fingerprint density at radius 3 is 2.46 bits per heavy atom. The van der Waals surface area contributed by atoms with Crippen LogP contribution in [-0.4, -0.2) is 27.2 Å². The summed E-state index contributed by atoms with van der Waals surface area (Å²) < 4.78 is 33.3. The minimum absolute atomic E-state index is 0.164. The summed E-state index contributed by atoms with van der Waals surface area (Å²) in [6.45, 7) is 0.388. The number of amides is 1. The molecule has 0 aliphatic heterocycles. The number of carbonyl (C=O) groups is 1. The molecule has 4 rings (SSSR count). The third-order valence-electron chi connectivity index (χ3n) is 5.34. The zero-order valence-corrected chi connectivity index (χ0v) is 18.7. The van der Waals surface area contributed by atoms with Gasteiger partial charge in [0.25, 0.3) is 0 Å². The number of nitrogens with two attached hydrogens (primary N) is 1. The summed E-state index contributed by atoms with van der Waals surface area (Å²) in [6, 6.07) is 13.6. The number of benzene rings is 2. The highest BCUT2D eigenvalue weighted by atomic mass is 19.1. The standard InChI is InChI=1S/C25H22F2N6O2/c26-17-5-3-16(4-6-17)22-15-31-24(35-22)12-11-23(34)30-13-1-2-21-20(14-28)25(29)33(32-21)19-9-7-18(27)8-10-19/h3-10,15H,1-2,11-13,29H2,(H,30,34). The number of nitrogens with zero attached hydrogens (tertiary/aromatic N) is 4. The van der Waals surface area contributed by atoms with E-state index in [-0.39, 0.29) is 35.3 Å². The molecular weight excluding hydrogens is 454 g/mol. The van der Waals surface area contributed by atoms with Gasteiger partial charge in [0.1, 0.15) is 29.1 Å². The highest BCUT2D eigenvalue weighted by Gasteiger charge is 2.16. The van der Waals surface area contributed by atoms with Crippen LogP contribution in [0, 0.1) is 23.0 Å². The summed E-state index contributed by atoms with van der Waals surface area (Å²) in [5.74, 6) is 0.228. The molecule has 0 unspecified atom stereocenters. The molecule has 0 radical (unpaired) electrons. The van der Waals surface area contributed by atoms with E-state index in [1.165, 1.54) is 41.1 Å². The lowest BCUT2D eigenvalue weighted by molar-refractivity contribution is -0.121. The van der Waals surface area contributed by atoms with Gasteiger partial charge in [0, 0.05) is 24.9 Å². The van der Waals surface area contributed by atoms with Crippen LogP contribution in [0.15, 0.2) is 59.1 Å². The first-order chi connectivity index (χ1) is 16.9. The normalized spacial score (nSPS) is 10.8. The second-order valence-electron chi connectivity index (χ2n) is 7.79. The maximum atomic E-state index is 13.2. The SMILES string of the molecule is N#Cc1c(CCCNC(=O)CCc2ncc(-c3ccc(F)cc3)o2)nn(-c2ccc(F)cc2)c1N. The summed E-state index contributed by atoms with van der Waals surface area (Å²) in [6.07, 6.45) is 3.05. The summed E-state index contributed by atoms with van der Waals surface area (Å²) in [5, 5.41) is 16.7. The van der Waals surface area contributed by atoms with E-state index >= 15 is 0 Å². The fourth-order valence-electron chi connectivity index (χ4n) is 3.52. The maximum Gasteiger partial charge on any atom is 0.220 e. The van der Waals surface area contributed by atoms with E-state index in [9.17, 15) is 18.8 Å². The van der Waals surface area contributed by atoms with Gasteiger partial charge in [0.05, 0.1) is 17.6 Å². The molecule has 0 aliphatic carbocycles. The Labute approximate surface area is 200 Å². The monoisotopic (exact) mass is 476 g/mol. The molecule has 0 fully saturated rings. The topological polar surface area (TPSA) is 123 Å². The van der Waals surface area contributed by atoms with Crippen LogP contribution >= 0.6 is 0 Å². The first kappa shape index (κ1) is 23.6. The van der Waals surface area contributed by atoms with E-state index in [1.807, 2.05) is 0 Å². The number of anilines is 1. The predicted molar refractivity (Wildman–Crippen MR) is 124 cm³/mol. The molecule has 10 heteroatoms. The Hall–Kier alpha value is -4.52. The molecular formula is C25H22F2N6O2. The molecule has 2 heterocycles. The number of nitrogen functional groups attached to an aromatic ring is 1. The quantitative estimate of drug-likeness (QED) is 0.353. The van der Waals surface area contributed by atoms with Crippen LogP contribution in [0.5, 0.6) is 0 Å². The number of rotatable bonds is 9. The second kappa shape index (κ2) is 10.6. The van der Waals surface area contributed by atoms with E-state index in [2.05, 4.69) is 21.5 Å². The van der Waals surface area contributed by atoms with E-state index < -0.39 is 0 Å². The molecule has 0 saturated heterocycles. The number of nitrogens with one attached hydrogen (secondary N) is 1. The Morgan fingerprint density at radius 2 is 1.77 bits per heavy atom. The third-order valence-corrected chi connectivity index (χ3v) is 5.34. The molecule has 1 amide bonds. The minimum atomic E-state index is -0.382.